The number of hydrogen-bond donors (Lipinski definition) is 1. The summed E-state index contributed by atoms with van der Waals surface area (Å²) >= 11 is 0.489. The summed E-state index contributed by atoms with van der Waals surface area (Å²) in [6, 6.07) is 5.02. The normalized spacial score (nSPS) is 12.1. The molecule has 158 valence electrons. The average Bonchev–Trinajstić information content (AvgIpc) is 3.10. The van der Waals surface area contributed by atoms with E-state index in [9.17, 15) is 35.9 Å². The lowest BCUT2D eigenvalue weighted by Gasteiger charge is -2.13. The van der Waals surface area contributed by atoms with Crippen LogP contribution in [0.25, 0.3) is 5.69 Å². The highest BCUT2D eigenvalue weighted by molar-refractivity contribution is 7.14. The molecule has 0 aliphatic carbocycles. The van der Waals surface area contributed by atoms with Gasteiger partial charge in [0.25, 0.3) is 5.91 Å². The zero-order chi connectivity index (χ0) is 22.3. The molecule has 0 radical (unpaired) electrons. The van der Waals surface area contributed by atoms with Gasteiger partial charge in [0, 0.05) is 17.1 Å². The third-order valence-electron chi connectivity index (χ3n) is 3.76. The number of rotatable bonds is 3. The number of halogens is 6. The molecule has 1 N–H and O–H groups in total. The number of carbonyl (C=O) groups excluding carboxylic acids is 1. The maximum absolute atomic E-state index is 13.0. The van der Waals surface area contributed by atoms with Gasteiger partial charge in [-0.05, 0) is 25.1 Å². The van der Waals surface area contributed by atoms with E-state index >= 15 is 0 Å². The number of nitrogens with one attached hydrogen (secondary N) is 1. The first-order valence-electron chi connectivity index (χ1n) is 7.99. The predicted octanol–water partition coefficient (Wildman–Crippen LogP) is 4.29. The number of carbonyl (C=O) groups is 1. The van der Waals surface area contributed by atoms with E-state index in [0.29, 0.717) is 16.7 Å². The van der Waals surface area contributed by atoms with Crippen molar-refractivity contribution in [2.24, 2.45) is 0 Å². The van der Waals surface area contributed by atoms with Crippen molar-refractivity contribution in [1.29, 1.82) is 0 Å². The fourth-order valence-electron chi connectivity index (χ4n) is 2.40. The number of hydrogen-bond acceptors (Lipinski definition) is 5. The van der Waals surface area contributed by atoms with Crippen molar-refractivity contribution in [3.8, 4) is 5.69 Å². The Morgan fingerprint density at radius 3 is 2.40 bits per heavy atom. The summed E-state index contributed by atoms with van der Waals surface area (Å²) < 4.78 is 77.7. The molecule has 0 fully saturated rings. The summed E-state index contributed by atoms with van der Waals surface area (Å²) in [6.45, 7) is 1.40. The summed E-state index contributed by atoms with van der Waals surface area (Å²) in [7, 11) is 0. The van der Waals surface area contributed by atoms with Crippen LogP contribution in [0.4, 0.5) is 31.5 Å². The van der Waals surface area contributed by atoms with E-state index in [1.165, 1.54) is 13.0 Å². The summed E-state index contributed by atoms with van der Waals surface area (Å²) in [4.78, 5) is 27.7. The van der Waals surface area contributed by atoms with Gasteiger partial charge < -0.3 is 0 Å². The second-order valence-corrected chi connectivity index (χ2v) is 6.81. The number of aryl methyl sites for hydroxylation is 1. The van der Waals surface area contributed by atoms with Crippen molar-refractivity contribution < 1.29 is 31.1 Å². The van der Waals surface area contributed by atoms with Crippen molar-refractivity contribution in [2.45, 2.75) is 19.3 Å². The average molecular weight is 448 g/mol. The molecule has 0 spiro atoms. The lowest BCUT2D eigenvalue weighted by molar-refractivity contribution is -0.140. The second-order valence-electron chi connectivity index (χ2n) is 5.95. The molecule has 13 heteroatoms. The largest absolute Gasteiger partial charge is 0.434 e. The highest BCUT2D eigenvalue weighted by atomic mass is 32.1. The minimum atomic E-state index is -4.71. The van der Waals surface area contributed by atoms with Gasteiger partial charge in [0.15, 0.2) is 16.5 Å². The Morgan fingerprint density at radius 1 is 1.10 bits per heavy atom. The fourth-order valence-corrected chi connectivity index (χ4v) is 3.11. The molecular formula is C17H10F6N4O2S. The van der Waals surface area contributed by atoms with E-state index in [1.807, 2.05) is 5.32 Å². The van der Waals surface area contributed by atoms with Crippen LogP contribution in [-0.4, -0.2) is 20.7 Å². The number of amides is 1. The molecule has 0 saturated heterocycles. The van der Waals surface area contributed by atoms with Gasteiger partial charge in [0.2, 0.25) is 5.43 Å². The second kappa shape index (κ2) is 7.55. The molecular weight excluding hydrogens is 438 g/mol. The van der Waals surface area contributed by atoms with Crippen LogP contribution in [0.3, 0.4) is 0 Å². The predicted molar refractivity (Wildman–Crippen MR) is 94.6 cm³/mol. The Kier molecular flexibility index (Phi) is 5.41. The Bertz CT molecular complexity index is 1170. The minimum absolute atomic E-state index is 0.0648. The van der Waals surface area contributed by atoms with Crippen molar-refractivity contribution in [2.75, 3.05) is 5.32 Å². The third kappa shape index (κ3) is 4.50. The van der Waals surface area contributed by atoms with Gasteiger partial charge in [-0.25, -0.2) is 9.67 Å². The Balaban J connectivity index is 1.97. The lowest BCUT2D eigenvalue weighted by Crippen LogP contribution is -2.27. The van der Waals surface area contributed by atoms with Crippen LogP contribution in [0.2, 0.25) is 0 Å². The van der Waals surface area contributed by atoms with Crippen molar-refractivity contribution >= 4 is 22.4 Å². The van der Waals surface area contributed by atoms with Gasteiger partial charge in [-0.1, -0.05) is 6.07 Å². The van der Waals surface area contributed by atoms with E-state index < -0.39 is 45.8 Å². The molecule has 0 aliphatic heterocycles. The van der Waals surface area contributed by atoms with Crippen LogP contribution < -0.4 is 10.7 Å². The molecule has 2 heterocycles. The maximum atomic E-state index is 13.0. The van der Waals surface area contributed by atoms with Gasteiger partial charge in [-0.15, -0.1) is 11.3 Å². The molecule has 0 unspecified atom stereocenters. The lowest BCUT2D eigenvalue weighted by atomic mass is 10.2. The molecule has 3 aromatic rings. The van der Waals surface area contributed by atoms with E-state index in [1.54, 1.807) is 0 Å². The number of anilines is 1. The first-order chi connectivity index (χ1) is 13.9. The zero-order valence-corrected chi connectivity index (χ0v) is 15.6. The number of nitrogens with zero attached hydrogens (tertiary/aromatic N) is 3. The maximum Gasteiger partial charge on any atom is 0.434 e. The smallest absolute Gasteiger partial charge is 0.296 e. The highest BCUT2D eigenvalue weighted by Crippen LogP contribution is 2.32. The van der Waals surface area contributed by atoms with Crippen LogP contribution in [0.1, 0.15) is 27.4 Å². The quantitative estimate of drug-likeness (QED) is 0.607. The summed E-state index contributed by atoms with van der Waals surface area (Å²) in [6.07, 6.45) is -9.33. The molecule has 30 heavy (non-hydrogen) atoms. The van der Waals surface area contributed by atoms with Gasteiger partial charge in [-0.2, -0.15) is 31.4 Å². The van der Waals surface area contributed by atoms with Gasteiger partial charge in [0.1, 0.15) is 0 Å². The molecule has 1 aromatic carbocycles. The number of thiazole rings is 1. The van der Waals surface area contributed by atoms with E-state index in [0.717, 1.165) is 28.9 Å². The molecule has 0 saturated carbocycles. The molecule has 2 aromatic heterocycles. The number of alkyl halides is 6. The van der Waals surface area contributed by atoms with Crippen LogP contribution in [0.5, 0.6) is 0 Å². The Hall–Kier alpha value is -3.22. The van der Waals surface area contributed by atoms with Gasteiger partial charge in [-0.3, -0.25) is 14.9 Å². The zero-order valence-electron chi connectivity index (χ0n) is 14.8. The molecule has 0 aliphatic rings. The minimum Gasteiger partial charge on any atom is -0.296 e. The monoisotopic (exact) mass is 448 g/mol. The fraction of sp³-hybridized carbons (Fsp3) is 0.176. The first kappa shape index (κ1) is 21.5. The van der Waals surface area contributed by atoms with Crippen LogP contribution in [-0.2, 0) is 12.4 Å². The summed E-state index contributed by atoms with van der Waals surface area (Å²) in [5.41, 5.74) is -3.69. The van der Waals surface area contributed by atoms with E-state index in [-0.39, 0.29) is 11.4 Å². The molecule has 1 amide bonds. The topological polar surface area (TPSA) is 76.9 Å². The third-order valence-corrected chi connectivity index (χ3v) is 4.51. The van der Waals surface area contributed by atoms with Crippen molar-refractivity contribution in [1.82, 2.24) is 14.8 Å². The number of aromatic nitrogens is 3. The van der Waals surface area contributed by atoms with Crippen LogP contribution in [0.15, 0.2) is 40.5 Å². The van der Waals surface area contributed by atoms with E-state index in [4.69, 9.17) is 0 Å². The van der Waals surface area contributed by atoms with Crippen LogP contribution >= 0.6 is 11.3 Å². The molecule has 6 nitrogen and oxygen atoms in total. The Labute approximate surface area is 167 Å². The summed E-state index contributed by atoms with van der Waals surface area (Å²) in [5, 5.41) is 6.10. The van der Waals surface area contributed by atoms with Crippen molar-refractivity contribution in [3.05, 3.63) is 68.6 Å². The standard InChI is InChI=1S/C17H10F6N4O2S/c1-8-5-11(28)13(14(29)25-15-24-12(7-30-15)17(21,22)23)26-27(8)10-4-2-3-9(6-10)16(18,19)20/h2-7H,1H3,(H,24,25,29). The van der Waals surface area contributed by atoms with Crippen molar-refractivity contribution in [3.63, 3.8) is 0 Å². The molecule has 0 bridgehead atoms. The van der Waals surface area contributed by atoms with E-state index in [2.05, 4.69) is 10.1 Å². The first-order valence-corrected chi connectivity index (χ1v) is 8.87. The molecule has 0 atom stereocenters. The van der Waals surface area contributed by atoms with Gasteiger partial charge in [0.05, 0.1) is 11.3 Å². The Morgan fingerprint density at radius 2 is 1.80 bits per heavy atom. The highest BCUT2D eigenvalue weighted by Gasteiger charge is 2.34. The summed E-state index contributed by atoms with van der Waals surface area (Å²) in [5.74, 6) is -1.15. The van der Waals surface area contributed by atoms with Crippen LogP contribution in [0, 0.1) is 6.92 Å². The van der Waals surface area contributed by atoms with Gasteiger partial charge >= 0.3 is 12.4 Å². The number of benzene rings is 1. The SMILES string of the molecule is Cc1cc(=O)c(C(=O)Nc2nc(C(F)(F)F)cs2)nn1-c1cccc(C(F)(F)F)c1. The molecule has 3 rings (SSSR count).